The topological polar surface area (TPSA) is 85.4 Å². The quantitative estimate of drug-likeness (QED) is 0.641. The number of amides is 1. The zero-order valence-corrected chi connectivity index (χ0v) is 16.0. The molecule has 3 rings (SSSR count). The first-order valence-electron chi connectivity index (χ1n) is 8.89. The fraction of sp³-hybridized carbons (Fsp3) is 0.190. The van der Waals surface area contributed by atoms with Crippen molar-refractivity contribution >= 4 is 23.2 Å². The van der Waals surface area contributed by atoms with Crippen molar-refractivity contribution in [2.45, 2.75) is 13.8 Å². The van der Waals surface area contributed by atoms with Gasteiger partial charge in [-0.1, -0.05) is 18.2 Å². The lowest BCUT2D eigenvalue weighted by Crippen LogP contribution is -2.15. The molecule has 0 fully saturated rings. The van der Waals surface area contributed by atoms with Crippen LogP contribution in [0.2, 0.25) is 0 Å². The minimum atomic E-state index is -0.333. The van der Waals surface area contributed by atoms with Gasteiger partial charge in [0.05, 0.1) is 19.4 Å². The summed E-state index contributed by atoms with van der Waals surface area (Å²) in [5, 5.41) is 5.95. The number of para-hydroxylation sites is 2. The number of carbonyl (C=O) groups is 1. The van der Waals surface area contributed by atoms with Crippen LogP contribution in [-0.4, -0.2) is 29.6 Å². The minimum absolute atomic E-state index is 0.256. The number of benzene rings is 2. The molecule has 28 heavy (non-hydrogen) atoms. The first-order valence-corrected chi connectivity index (χ1v) is 8.89. The molecule has 0 saturated carbocycles. The molecule has 0 aliphatic heterocycles. The lowest BCUT2D eigenvalue weighted by molar-refractivity contribution is 0.102. The van der Waals surface area contributed by atoms with E-state index in [2.05, 4.69) is 20.6 Å². The number of hydrogen-bond acceptors (Lipinski definition) is 6. The standard InChI is InChI=1S/C21H22N4O3/c1-4-28-19-11-6-5-10-17(19)24-21-22-14(2)12-18(25-21)20(26)23-15-8-7-9-16(13-15)27-3/h5-13H,4H2,1-3H3,(H,23,26)(H,22,24,25). The molecule has 7 nitrogen and oxygen atoms in total. The molecule has 0 aliphatic rings. The number of aryl methyl sites for hydroxylation is 1. The van der Waals surface area contributed by atoms with Crippen LogP contribution in [0.25, 0.3) is 0 Å². The highest BCUT2D eigenvalue weighted by Gasteiger charge is 2.13. The Morgan fingerprint density at radius 3 is 2.68 bits per heavy atom. The van der Waals surface area contributed by atoms with Gasteiger partial charge in [0.15, 0.2) is 0 Å². The fourth-order valence-electron chi connectivity index (χ4n) is 2.61. The Kier molecular flexibility index (Phi) is 6.06. The van der Waals surface area contributed by atoms with Crippen LogP contribution in [0.5, 0.6) is 11.5 Å². The third-order valence-electron chi connectivity index (χ3n) is 3.85. The van der Waals surface area contributed by atoms with Crippen molar-refractivity contribution in [3.63, 3.8) is 0 Å². The number of hydrogen-bond donors (Lipinski definition) is 2. The molecule has 2 aromatic carbocycles. The van der Waals surface area contributed by atoms with Gasteiger partial charge in [0.2, 0.25) is 5.95 Å². The summed E-state index contributed by atoms with van der Waals surface area (Å²) in [5.41, 5.74) is 2.28. The predicted molar refractivity (Wildman–Crippen MR) is 109 cm³/mol. The SMILES string of the molecule is CCOc1ccccc1Nc1nc(C)cc(C(=O)Nc2cccc(OC)c2)n1. The average molecular weight is 378 g/mol. The Hall–Kier alpha value is -3.61. The molecule has 1 amide bonds. The highest BCUT2D eigenvalue weighted by Crippen LogP contribution is 2.26. The van der Waals surface area contributed by atoms with Crippen molar-refractivity contribution in [2.75, 3.05) is 24.4 Å². The van der Waals surface area contributed by atoms with Crippen LogP contribution in [0.15, 0.2) is 54.6 Å². The second kappa shape index (κ2) is 8.85. The number of aromatic nitrogens is 2. The molecule has 0 bridgehead atoms. The Morgan fingerprint density at radius 1 is 1.07 bits per heavy atom. The van der Waals surface area contributed by atoms with E-state index in [1.807, 2.05) is 44.2 Å². The Bertz CT molecular complexity index is 975. The van der Waals surface area contributed by atoms with E-state index < -0.39 is 0 Å². The van der Waals surface area contributed by atoms with Gasteiger partial charge in [0, 0.05) is 17.4 Å². The lowest BCUT2D eigenvalue weighted by atomic mass is 10.2. The van der Waals surface area contributed by atoms with E-state index in [-0.39, 0.29) is 11.6 Å². The smallest absolute Gasteiger partial charge is 0.274 e. The van der Waals surface area contributed by atoms with Crippen molar-refractivity contribution in [1.82, 2.24) is 9.97 Å². The molecule has 0 atom stereocenters. The third-order valence-corrected chi connectivity index (χ3v) is 3.85. The van der Waals surface area contributed by atoms with Gasteiger partial charge < -0.3 is 20.1 Å². The number of ether oxygens (including phenoxy) is 2. The summed E-state index contributed by atoms with van der Waals surface area (Å²) in [6.07, 6.45) is 0. The van der Waals surface area contributed by atoms with Crippen LogP contribution in [0.4, 0.5) is 17.3 Å². The molecule has 0 radical (unpaired) electrons. The Labute approximate surface area is 163 Å². The minimum Gasteiger partial charge on any atom is -0.497 e. The monoisotopic (exact) mass is 378 g/mol. The van der Waals surface area contributed by atoms with Gasteiger partial charge in [0.25, 0.3) is 5.91 Å². The molecule has 1 aromatic heterocycles. The fourth-order valence-corrected chi connectivity index (χ4v) is 2.61. The Balaban J connectivity index is 1.82. The molecule has 144 valence electrons. The van der Waals surface area contributed by atoms with E-state index in [9.17, 15) is 4.79 Å². The molecule has 0 aliphatic carbocycles. The van der Waals surface area contributed by atoms with Crippen LogP contribution < -0.4 is 20.1 Å². The van der Waals surface area contributed by atoms with Crippen molar-refractivity contribution in [2.24, 2.45) is 0 Å². The van der Waals surface area contributed by atoms with E-state index in [0.717, 1.165) is 5.69 Å². The summed E-state index contributed by atoms with van der Waals surface area (Å²) < 4.78 is 10.8. The number of nitrogens with zero attached hydrogens (tertiary/aromatic N) is 2. The van der Waals surface area contributed by atoms with Crippen molar-refractivity contribution < 1.29 is 14.3 Å². The maximum Gasteiger partial charge on any atom is 0.274 e. The number of nitrogens with one attached hydrogen (secondary N) is 2. The van der Waals surface area contributed by atoms with E-state index in [0.29, 0.717) is 35.4 Å². The normalized spacial score (nSPS) is 10.2. The van der Waals surface area contributed by atoms with Crippen LogP contribution in [-0.2, 0) is 0 Å². The van der Waals surface area contributed by atoms with Gasteiger partial charge in [-0.15, -0.1) is 0 Å². The van der Waals surface area contributed by atoms with Gasteiger partial charge in [0.1, 0.15) is 17.2 Å². The van der Waals surface area contributed by atoms with Crippen molar-refractivity contribution in [3.8, 4) is 11.5 Å². The van der Waals surface area contributed by atoms with Crippen molar-refractivity contribution in [1.29, 1.82) is 0 Å². The summed E-state index contributed by atoms with van der Waals surface area (Å²) in [5.74, 6) is 1.34. The van der Waals surface area contributed by atoms with Gasteiger partial charge in [-0.2, -0.15) is 0 Å². The summed E-state index contributed by atoms with van der Waals surface area (Å²) >= 11 is 0. The van der Waals surface area contributed by atoms with Crippen LogP contribution in [0.1, 0.15) is 23.1 Å². The zero-order valence-electron chi connectivity index (χ0n) is 16.0. The first-order chi connectivity index (χ1) is 13.6. The molecule has 7 heteroatoms. The van der Waals surface area contributed by atoms with Crippen molar-refractivity contribution in [3.05, 3.63) is 66.0 Å². The van der Waals surface area contributed by atoms with Gasteiger partial charge >= 0.3 is 0 Å². The summed E-state index contributed by atoms with van der Waals surface area (Å²) in [7, 11) is 1.58. The van der Waals surface area contributed by atoms with Gasteiger partial charge in [-0.25, -0.2) is 9.97 Å². The highest BCUT2D eigenvalue weighted by molar-refractivity contribution is 6.03. The zero-order chi connectivity index (χ0) is 19.9. The highest BCUT2D eigenvalue weighted by atomic mass is 16.5. The largest absolute Gasteiger partial charge is 0.497 e. The lowest BCUT2D eigenvalue weighted by Gasteiger charge is -2.12. The second-order valence-electron chi connectivity index (χ2n) is 5.96. The predicted octanol–water partition coefficient (Wildman–Crippen LogP) is 4.19. The maximum atomic E-state index is 12.6. The average Bonchev–Trinajstić information content (AvgIpc) is 2.69. The van der Waals surface area contributed by atoms with Crippen LogP contribution in [0, 0.1) is 6.92 Å². The number of methoxy groups -OCH3 is 1. The molecule has 3 aromatic rings. The summed E-state index contributed by atoms with van der Waals surface area (Å²) in [4.78, 5) is 21.4. The molecule has 2 N–H and O–H groups in total. The van der Waals surface area contributed by atoms with E-state index >= 15 is 0 Å². The number of carbonyl (C=O) groups excluding carboxylic acids is 1. The second-order valence-corrected chi connectivity index (χ2v) is 5.96. The number of anilines is 3. The molecule has 0 saturated heterocycles. The third kappa shape index (κ3) is 4.76. The molecule has 0 unspecified atom stereocenters. The van der Waals surface area contributed by atoms with E-state index in [1.54, 1.807) is 31.4 Å². The van der Waals surface area contributed by atoms with Gasteiger partial charge in [-0.3, -0.25) is 4.79 Å². The molecule has 1 heterocycles. The van der Waals surface area contributed by atoms with Crippen LogP contribution in [0.3, 0.4) is 0 Å². The summed E-state index contributed by atoms with van der Waals surface area (Å²) in [6.45, 7) is 4.27. The molecule has 0 spiro atoms. The van der Waals surface area contributed by atoms with Crippen LogP contribution >= 0.6 is 0 Å². The number of rotatable bonds is 7. The first kappa shape index (κ1) is 19.2. The summed E-state index contributed by atoms with van der Waals surface area (Å²) in [6, 6.07) is 16.3. The molecular weight excluding hydrogens is 356 g/mol. The maximum absolute atomic E-state index is 12.6. The van der Waals surface area contributed by atoms with E-state index in [4.69, 9.17) is 9.47 Å². The molecular formula is C21H22N4O3. The van der Waals surface area contributed by atoms with E-state index in [1.165, 1.54) is 0 Å². The van der Waals surface area contributed by atoms with Gasteiger partial charge in [-0.05, 0) is 44.2 Å². The Morgan fingerprint density at radius 2 is 1.89 bits per heavy atom.